The Hall–Kier alpha value is -2.08. The molecule has 0 radical (unpaired) electrons. The predicted octanol–water partition coefficient (Wildman–Crippen LogP) is 2.09. The lowest BCUT2D eigenvalue weighted by atomic mass is 10.0. The lowest BCUT2D eigenvalue weighted by Gasteiger charge is -2.26. The van der Waals surface area contributed by atoms with Crippen LogP contribution in [0, 0.1) is 11.8 Å². The second-order valence-electron chi connectivity index (χ2n) is 7.13. The highest BCUT2D eigenvalue weighted by atomic mass is 16.6. The molecule has 2 N–H and O–H groups in total. The quantitative estimate of drug-likeness (QED) is 0.855. The molecule has 0 aliphatic carbocycles. The van der Waals surface area contributed by atoms with Crippen LogP contribution in [0.15, 0.2) is 30.3 Å². The molecule has 2 rings (SSSR count). The van der Waals surface area contributed by atoms with E-state index in [-0.39, 0.29) is 30.4 Å². The number of nitrogens with zero attached hydrogens (tertiary/aromatic N) is 2. The highest BCUT2D eigenvalue weighted by Gasteiger charge is 2.30. The van der Waals surface area contributed by atoms with Gasteiger partial charge in [0.05, 0.1) is 6.04 Å². The van der Waals surface area contributed by atoms with Crippen molar-refractivity contribution in [1.82, 2.24) is 9.80 Å². The van der Waals surface area contributed by atoms with Gasteiger partial charge in [-0.05, 0) is 23.8 Å². The Labute approximate surface area is 149 Å². The molecule has 138 valence electrons. The molecule has 1 aliphatic heterocycles. The van der Waals surface area contributed by atoms with Crippen molar-refractivity contribution in [3.05, 3.63) is 35.9 Å². The van der Waals surface area contributed by atoms with Crippen LogP contribution in [0.25, 0.3) is 0 Å². The van der Waals surface area contributed by atoms with Gasteiger partial charge in [0.15, 0.2) is 0 Å². The van der Waals surface area contributed by atoms with Crippen molar-refractivity contribution >= 4 is 12.0 Å². The van der Waals surface area contributed by atoms with Gasteiger partial charge in [-0.2, -0.15) is 0 Å². The number of carbonyl (C=O) groups excluding carboxylic acids is 2. The van der Waals surface area contributed by atoms with Crippen LogP contribution in [0.3, 0.4) is 0 Å². The molecule has 6 nitrogen and oxygen atoms in total. The van der Waals surface area contributed by atoms with Crippen LogP contribution in [0.5, 0.6) is 0 Å². The Morgan fingerprint density at radius 3 is 2.64 bits per heavy atom. The predicted molar refractivity (Wildman–Crippen MR) is 96.8 cm³/mol. The number of hydrogen-bond acceptors (Lipinski definition) is 4. The van der Waals surface area contributed by atoms with Gasteiger partial charge in [0, 0.05) is 26.7 Å². The maximum Gasteiger partial charge on any atom is 0.410 e. The lowest BCUT2D eigenvalue weighted by molar-refractivity contribution is -0.132. The average molecular weight is 347 g/mol. The van der Waals surface area contributed by atoms with Crippen molar-refractivity contribution in [2.75, 3.05) is 26.7 Å². The molecular weight excluding hydrogens is 318 g/mol. The van der Waals surface area contributed by atoms with Crippen LogP contribution >= 0.6 is 0 Å². The molecule has 2 amide bonds. The van der Waals surface area contributed by atoms with Gasteiger partial charge in [-0.25, -0.2) is 4.79 Å². The molecule has 6 heteroatoms. The molecule has 0 spiro atoms. The largest absolute Gasteiger partial charge is 0.445 e. The average Bonchev–Trinajstić information content (AvgIpc) is 3.07. The summed E-state index contributed by atoms with van der Waals surface area (Å²) < 4.78 is 5.37. The third-order valence-electron chi connectivity index (χ3n) is 4.66. The van der Waals surface area contributed by atoms with E-state index in [0.29, 0.717) is 19.6 Å². The van der Waals surface area contributed by atoms with E-state index in [1.807, 2.05) is 44.2 Å². The number of hydrogen-bond donors (Lipinski definition) is 1. The first-order valence-corrected chi connectivity index (χ1v) is 8.84. The van der Waals surface area contributed by atoms with Gasteiger partial charge in [0.1, 0.15) is 6.61 Å². The van der Waals surface area contributed by atoms with Gasteiger partial charge >= 0.3 is 6.09 Å². The number of rotatable bonds is 6. The zero-order valence-electron chi connectivity index (χ0n) is 15.4. The highest BCUT2D eigenvalue weighted by molar-refractivity contribution is 5.81. The topological polar surface area (TPSA) is 75.9 Å². The normalized spacial score (nSPS) is 18.3. The van der Waals surface area contributed by atoms with Crippen LogP contribution < -0.4 is 5.73 Å². The Balaban J connectivity index is 1.76. The molecule has 1 aromatic carbocycles. The summed E-state index contributed by atoms with van der Waals surface area (Å²) in [5.74, 6) is 0.334. The van der Waals surface area contributed by atoms with Crippen molar-refractivity contribution in [3.63, 3.8) is 0 Å². The van der Waals surface area contributed by atoms with Crippen LogP contribution in [0.4, 0.5) is 4.79 Å². The van der Waals surface area contributed by atoms with Crippen LogP contribution in [-0.2, 0) is 16.1 Å². The van der Waals surface area contributed by atoms with Gasteiger partial charge in [0.25, 0.3) is 0 Å². The molecule has 0 aromatic heterocycles. The van der Waals surface area contributed by atoms with Gasteiger partial charge in [-0.15, -0.1) is 0 Å². The van der Waals surface area contributed by atoms with Crippen molar-refractivity contribution in [2.45, 2.75) is 32.9 Å². The minimum atomic E-state index is -0.474. The van der Waals surface area contributed by atoms with E-state index in [1.165, 1.54) is 0 Å². The van der Waals surface area contributed by atoms with E-state index in [9.17, 15) is 9.59 Å². The Morgan fingerprint density at radius 2 is 2.00 bits per heavy atom. The monoisotopic (exact) mass is 347 g/mol. The smallest absolute Gasteiger partial charge is 0.410 e. The van der Waals surface area contributed by atoms with E-state index in [2.05, 4.69) is 0 Å². The molecule has 1 saturated heterocycles. The first-order chi connectivity index (χ1) is 11.9. The second kappa shape index (κ2) is 8.85. The summed E-state index contributed by atoms with van der Waals surface area (Å²) in [5, 5.41) is 0. The maximum atomic E-state index is 12.2. The number of benzene rings is 1. The van der Waals surface area contributed by atoms with Crippen LogP contribution in [-0.4, -0.2) is 54.5 Å². The fraction of sp³-hybridized carbons (Fsp3) is 0.579. The number of likely N-dealkylation sites (N-methyl/N-ethyl adjacent to an activating group) is 1. The van der Waals surface area contributed by atoms with Gasteiger partial charge in [-0.3, -0.25) is 4.79 Å². The van der Waals surface area contributed by atoms with Crippen LogP contribution in [0.2, 0.25) is 0 Å². The molecule has 0 saturated carbocycles. The van der Waals surface area contributed by atoms with E-state index < -0.39 is 6.04 Å². The molecule has 1 fully saturated rings. The Bertz CT molecular complexity index is 577. The highest BCUT2D eigenvalue weighted by Crippen LogP contribution is 2.19. The first-order valence-electron chi connectivity index (χ1n) is 8.84. The summed E-state index contributed by atoms with van der Waals surface area (Å²) in [5.41, 5.74) is 6.90. The van der Waals surface area contributed by atoms with Crippen molar-refractivity contribution in [3.8, 4) is 0 Å². The minimum Gasteiger partial charge on any atom is -0.445 e. The number of ether oxygens (including phenoxy) is 1. The van der Waals surface area contributed by atoms with Gasteiger partial charge < -0.3 is 20.3 Å². The summed E-state index contributed by atoms with van der Waals surface area (Å²) in [7, 11) is 1.78. The maximum absolute atomic E-state index is 12.2. The molecule has 0 bridgehead atoms. The third kappa shape index (κ3) is 5.46. The summed E-state index contributed by atoms with van der Waals surface area (Å²) in [6, 6.07) is 9.16. The summed E-state index contributed by atoms with van der Waals surface area (Å²) >= 11 is 0. The zero-order chi connectivity index (χ0) is 18.4. The molecular formula is C19H29N3O3. The number of likely N-dealkylation sites (tertiary alicyclic amines) is 1. The molecule has 25 heavy (non-hydrogen) atoms. The first kappa shape index (κ1) is 19.2. The second-order valence-corrected chi connectivity index (χ2v) is 7.13. The van der Waals surface area contributed by atoms with E-state index in [1.54, 1.807) is 16.8 Å². The molecule has 1 heterocycles. The summed E-state index contributed by atoms with van der Waals surface area (Å²) in [6.45, 7) is 6.05. The molecule has 1 aromatic rings. The van der Waals surface area contributed by atoms with E-state index >= 15 is 0 Å². The van der Waals surface area contributed by atoms with Crippen molar-refractivity contribution in [1.29, 1.82) is 0 Å². The molecule has 2 unspecified atom stereocenters. The van der Waals surface area contributed by atoms with Gasteiger partial charge in [0.2, 0.25) is 5.91 Å². The Kier molecular flexibility index (Phi) is 6.82. The number of amides is 2. The lowest BCUT2D eigenvalue weighted by Crippen LogP contribution is -2.46. The molecule has 1 aliphatic rings. The van der Waals surface area contributed by atoms with E-state index in [0.717, 1.165) is 12.0 Å². The third-order valence-corrected chi connectivity index (χ3v) is 4.66. The minimum absolute atomic E-state index is 0.0416. The van der Waals surface area contributed by atoms with Crippen molar-refractivity contribution < 1.29 is 14.3 Å². The summed E-state index contributed by atoms with van der Waals surface area (Å²) in [6.07, 6.45) is 0.578. The zero-order valence-corrected chi connectivity index (χ0v) is 15.4. The molecule has 2 atom stereocenters. The van der Waals surface area contributed by atoms with Crippen molar-refractivity contribution in [2.24, 2.45) is 17.6 Å². The Morgan fingerprint density at radius 1 is 1.32 bits per heavy atom. The van der Waals surface area contributed by atoms with E-state index in [4.69, 9.17) is 10.5 Å². The summed E-state index contributed by atoms with van der Waals surface area (Å²) in [4.78, 5) is 27.8. The van der Waals surface area contributed by atoms with Gasteiger partial charge in [-0.1, -0.05) is 44.2 Å². The SMILES string of the molecule is CC(C)C(N)C(=O)N(C)CC1CCN(C(=O)OCc2ccccc2)C1. The number of carbonyl (C=O) groups is 2. The fourth-order valence-electron chi connectivity index (χ4n) is 2.98. The standard InChI is InChI=1S/C19H29N3O3/c1-14(2)17(20)18(23)21(3)11-16-9-10-22(12-16)19(24)25-13-15-7-5-4-6-8-15/h4-8,14,16-17H,9-13,20H2,1-3H3. The number of nitrogens with two attached hydrogens (primary N) is 1. The van der Waals surface area contributed by atoms with Crippen LogP contribution in [0.1, 0.15) is 25.8 Å². The fourth-order valence-corrected chi connectivity index (χ4v) is 2.98.